The number of halogens is 2. The molecule has 0 spiro atoms. The Kier molecular flexibility index (Phi) is 11.9. The van der Waals surface area contributed by atoms with Gasteiger partial charge in [0.05, 0.1) is 27.2 Å². The third-order valence-electron chi connectivity index (χ3n) is 7.57. The number of nitrogens with one attached hydrogen (secondary N) is 1. The molecule has 1 fully saturated rings. The lowest BCUT2D eigenvalue weighted by Crippen LogP contribution is -2.52. The van der Waals surface area contributed by atoms with Gasteiger partial charge in [-0.1, -0.05) is 42.1 Å². The third kappa shape index (κ3) is 8.41. The van der Waals surface area contributed by atoms with Gasteiger partial charge in [0, 0.05) is 17.5 Å². The first-order valence-corrected chi connectivity index (χ1v) is 17.9. The van der Waals surface area contributed by atoms with Crippen LogP contribution >= 0.6 is 35.0 Å². The number of hydrogen-bond acceptors (Lipinski definition) is 6. The summed E-state index contributed by atoms with van der Waals surface area (Å²) in [6.45, 7) is 3.44. The Balaban J connectivity index is 1.70. The van der Waals surface area contributed by atoms with Crippen LogP contribution in [-0.4, -0.2) is 56.6 Å². The van der Waals surface area contributed by atoms with Crippen molar-refractivity contribution in [3.63, 3.8) is 0 Å². The number of anilines is 1. The maximum atomic E-state index is 14.2. The summed E-state index contributed by atoms with van der Waals surface area (Å²) in [5.41, 5.74) is 0.935. The molecule has 1 atom stereocenters. The Morgan fingerprint density at radius 1 is 1.00 bits per heavy atom. The van der Waals surface area contributed by atoms with E-state index >= 15 is 0 Å². The molecule has 44 heavy (non-hydrogen) atoms. The lowest BCUT2D eigenvalue weighted by atomic mass is 10.1. The van der Waals surface area contributed by atoms with E-state index in [1.54, 1.807) is 61.5 Å². The van der Waals surface area contributed by atoms with Crippen LogP contribution in [0.3, 0.4) is 0 Å². The minimum Gasteiger partial charge on any atom is -0.494 e. The Morgan fingerprint density at radius 2 is 1.66 bits per heavy atom. The maximum Gasteiger partial charge on any atom is 0.264 e. The van der Waals surface area contributed by atoms with E-state index in [1.807, 2.05) is 13.2 Å². The standard InChI is InChI=1S/C32H37Cl2N3O5S2/c1-4-42-26-12-10-25(11-13-26)37(44(40,41)28-16-14-27(43-3)15-17-28)21-31(38)36(20-23-9-18-29(33)30(34)19-23)22(2)32(39)35-24-7-5-6-8-24/h9-19,22,24H,4-8,20-21H2,1-3H3,(H,35,39)/t22-/m0/s1. The molecule has 2 amide bonds. The quantitative estimate of drug-likeness (QED) is 0.200. The van der Waals surface area contributed by atoms with Gasteiger partial charge < -0.3 is 15.0 Å². The van der Waals surface area contributed by atoms with Gasteiger partial charge in [-0.2, -0.15) is 0 Å². The fourth-order valence-electron chi connectivity index (χ4n) is 5.09. The first-order chi connectivity index (χ1) is 21.0. The largest absolute Gasteiger partial charge is 0.494 e. The predicted molar refractivity (Wildman–Crippen MR) is 177 cm³/mol. The monoisotopic (exact) mass is 677 g/mol. The molecule has 8 nitrogen and oxygen atoms in total. The van der Waals surface area contributed by atoms with Crippen LogP contribution in [0.15, 0.2) is 76.5 Å². The molecule has 0 heterocycles. The van der Waals surface area contributed by atoms with Crippen LogP contribution < -0.4 is 14.4 Å². The maximum absolute atomic E-state index is 14.2. The number of rotatable bonds is 13. The molecule has 3 aromatic carbocycles. The van der Waals surface area contributed by atoms with Crippen molar-refractivity contribution in [2.24, 2.45) is 0 Å². The number of thioether (sulfide) groups is 1. The summed E-state index contributed by atoms with van der Waals surface area (Å²) in [4.78, 5) is 29.9. The molecule has 0 bridgehead atoms. The molecule has 0 unspecified atom stereocenters. The fraction of sp³-hybridized carbons (Fsp3) is 0.375. The summed E-state index contributed by atoms with van der Waals surface area (Å²) >= 11 is 13.9. The molecule has 0 aromatic heterocycles. The molecular formula is C32H37Cl2N3O5S2. The first-order valence-electron chi connectivity index (χ1n) is 14.5. The van der Waals surface area contributed by atoms with Gasteiger partial charge in [-0.15, -0.1) is 11.8 Å². The van der Waals surface area contributed by atoms with E-state index < -0.39 is 28.5 Å². The minimum absolute atomic E-state index is 0.0224. The zero-order valence-electron chi connectivity index (χ0n) is 25.0. The van der Waals surface area contributed by atoms with E-state index in [-0.39, 0.29) is 29.1 Å². The topological polar surface area (TPSA) is 96.0 Å². The van der Waals surface area contributed by atoms with Crippen molar-refractivity contribution in [3.8, 4) is 5.75 Å². The summed E-state index contributed by atoms with van der Waals surface area (Å²) in [5, 5.41) is 3.74. The van der Waals surface area contributed by atoms with Crippen molar-refractivity contribution in [3.05, 3.63) is 82.3 Å². The van der Waals surface area contributed by atoms with Crippen molar-refractivity contribution in [1.82, 2.24) is 10.2 Å². The van der Waals surface area contributed by atoms with Crippen molar-refractivity contribution in [2.45, 2.75) is 68.0 Å². The van der Waals surface area contributed by atoms with E-state index in [4.69, 9.17) is 27.9 Å². The Labute approximate surface area is 274 Å². The van der Waals surface area contributed by atoms with Gasteiger partial charge in [0.2, 0.25) is 11.8 Å². The van der Waals surface area contributed by atoms with Gasteiger partial charge in [-0.3, -0.25) is 13.9 Å². The Hall–Kier alpha value is -2.92. The van der Waals surface area contributed by atoms with E-state index in [1.165, 1.54) is 28.8 Å². The average molecular weight is 679 g/mol. The lowest BCUT2D eigenvalue weighted by Gasteiger charge is -2.32. The SMILES string of the molecule is CCOc1ccc(N(CC(=O)N(Cc2ccc(Cl)c(Cl)c2)[C@@H](C)C(=O)NC2CCCC2)S(=O)(=O)c2ccc(SC)cc2)cc1. The van der Waals surface area contributed by atoms with Crippen LogP contribution in [-0.2, 0) is 26.2 Å². The molecule has 1 aliphatic carbocycles. The summed E-state index contributed by atoms with van der Waals surface area (Å²) < 4.78 is 34.8. The molecule has 236 valence electrons. The van der Waals surface area contributed by atoms with E-state index in [0.29, 0.717) is 28.0 Å². The molecule has 0 aliphatic heterocycles. The van der Waals surface area contributed by atoms with Gasteiger partial charge in [0.15, 0.2) is 0 Å². The van der Waals surface area contributed by atoms with Crippen LogP contribution in [0, 0.1) is 0 Å². The summed E-state index contributed by atoms with van der Waals surface area (Å²) in [6, 6.07) is 17.2. The molecule has 1 aliphatic rings. The van der Waals surface area contributed by atoms with Crippen molar-refractivity contribution >= 4 is 62.5 Å². The number of nitrogens with zero attached hydrogens (tertiary/aromatic N) is 2. The van der Waals surface area contributed by atoms with Crippen molar-refractivity contribution in [2.75, 3.05) is 23.7 Å². The number of benzene rings is 3. The van der Waals surface area contributed by atoms with Crippen LogP contribution in [0.1, 0.15) is 45.1 Å². The minimum atomic E-state index is -4.19. The third-order valence-corrected chi connectivity index (χ3v) is 10.8. The highest BCUT2D eigenvalue weighted by Gasteiger charge is 2.33. The van der Waals surface area contributed by atoms with Crippen molar-refractivity contribution < 1.29 is 22.7 Å². The van der Waals surface area contributed by atoms with E-state index in [0.717, 1.165) is 34.9 Å². The highest BCUT2D eigenvalue weighted by molar-refractivity contribution is 7.98. The second-order valence-electron chi connectivity index (χ2n) is 10.6. The lowest BCUT2D eigenvalue weighted by molar-refractivity contribution is -0.139. The van der Waals surface area contributed by atoms with Crippen LogP contribution in [0.2, 0.25) is 10.0 Å². The normalized spacial score (nSPS) is 14.2. The second-order valence-corrected chi connectivity index (χ2v) is 14.1. The first kappa shape index (κ1) is 34.0. The van der Waals surface area contributed by atoms with E-state index in [2.05, 4.69) is 5.32 Å². The highest BCUT2D eigenvalue weighted by atomic mass is 35.5. The molecule has 0 radical (unpaired) electrons. The highest BCUT2D eigenvalue weighted by Crippen LogP contribution is 2.29. The second kappa shape index (κ2) is 15.4. The number of carbonyl (C=O) groups excluding carboxylic acids is 2. The number of carbonyl (C=O) groups is 2. The molecule has 0 saturated heterocycles. The molecule has 3 aromatic rings. The Morgan fingerprint density at radius 3 is 2.25 bits per heavy atom. The van der Waals surface area contributed by atoms with Crippen molar-refractivity contribution in [1.29, 1.82) is 0 Å². The summed E-state index contributed by atoms with van der Waals surface area (Å²) in [5.74, 6) is -0.278. The molecule has 1 N–H and O–H groups in total. The molecule has 4 rings (SSSR count). The van der Waals surface area contributed by atoms with Gasteiger partial charge in [-0.05, 0) is 99.2 Å². The van der Waals surface area contributed by atoms with Gasteiger partial charge in [-0.25, -0.2) is 8.42 Å². The number of ether oxygens (including phenoxy) is 1. The van der Waals surface area contributed by atoms with Gasteiger partial charge >= 0.3 is 0 Å². The smallest absolute Gasteiger partial charge is 0.264 e. The van der Waals surface area contributed by atoms with Crippen LogP contribution in [0.25, 0.3) is 0 Å². The van der Waals surface area contributed by atoms with Gasteiger partial charge in [0.25, 0.3) is 10.0 Å². The Bertz CT molecular complexity index is 1550. The zero-order valence-corrected chi connectivity index (χ0v) is 28.1. The molecule has 12 heteroatoms. The van der Waals surface area contributed by atoms with Gasteiger partial charge in [0.1, 0.15) is 18.3 Å². The molecule has 1 saturated carbocycles. The predicted octanol–water partition coefficient (Wildman–Crippen LogP) is 6.79. The number of sulfonamides is 1. The summed E-state index contributed by atoms with van der Waals surface area (Å²) in [7, 11) is -4.19. The number of hydrogen-bond donors (Lipinski definition) is 1. The number of amides is 2. The fourth-order valence-corrected chi connectivity index (χ4v) is 7.23. The zero-order chi connectivity index (χ0) is 31.9. The van der Waals surface area contributed by atoms with E-state index in [9.17, 15) is 18.0 Å². The summed E-state index contributed by atoms with van der Waals surface area (Å²) in [6.07, 6.45) is 5.76. The van der Waals surface area contributed by atoms with Crippen LogP contribution in [0.5, 0.6) is 5.75 Å². The molecular weight excluding hydrogens is 641 g/mol. The van der Waals surface area contributed by atoms with Crippen LogP contribution in [0.4, 0.5) is 5.69 Å². The average Bonchev–Trinajstić information content (AvgIpc) is 3.53.